The molecule has 0 radical (unpaired) electrons. The van der Waals surface area contributed by atoms with E-state index in [1.807, 2.05) is 26.0 Å². The largest absolute Gasteiger partial charge is 0.491 e. The maximum absolute atomic E-state index is 11.5. The molecule has 1 atom stereocenters. The van der Waals surface area contributed by atoms with Crippen LogP contribution in [-0.2, 0) is 9.53 Å². The van der Waals surface area contributed by atoms with Crippen molar-refractivity contribution in [3.05, 3.63) is 29.8 Å². The minimum Gasteiger partial charge on any atom is -0.491 e. The number of hydrogen-bond acceptors (Lipinski definition) is 4. The van der Waals surface area contributed by atoms with Crippen molar-refractivity contribution in [1.29, 1.82) is 0 Å². The Morgan fingerprint density at radius 3 is 2.71 bits per heavy atom. The van der Waals surface area contributed by atoms with Gasteiger partial charge in [0, 0.05) is 0 Å². The van der Waals surface area contributed by atoms with Gasteiger partial charge in [-0.05, 0) is 38.5 Å². The fourth-order valence-electron chi connectivity index (χ4n) is 1.42. The molecule has 0 heterocycles. The van der Waals surface area contributed by atoms with Crippen LogP contribution < -0.4 is 10.5 Å². The summed E-state index contributed by atoms with van der Waals surface area (Å²) in [5.74, 6) is 0.284. The number of rotatable bonds is 5. The summed E-state index contributed by atoms with van der Waals surface area (Å²) in [6.07, 6.45) is 0.0871. The van der Waals surface area contributed by atoms with E-state index in [0.717, 1.165) is 0 Å². The lowest BCUT2D eigenvalue weighted by Gasteiger charge is -2.14. The molecule has 0 spiro atoms. The van der Waals surface area contributed by atoms with Crippen molar-refractivity contribution in [1.82, 2.24) is 0 Å². The molecule has 17 heavy (non-hydrogen) atoms. The van der Waals surface area contributed by atoms with Gasteiger partial charge < -0.3 is 15.2 Å². The number of nitrogens with two attached hydrogens (primary N) is 1. The summed E-state index contributed by atoms with van der Waals surface area (Å²) in [7, 11) is 0. The van der Waals surface area contributed by atoms with E-state index in [-0.39, 0.29) is 6.10 Å². The van der Waals surface area contributed by atoms with Crippen LogP contribution in [0.3, 0.4) is 0 Å². The molecule has 0 aromatic heterocycles. The summed E-state index contributed by atoms with van der Waals surface area (Å²) in [4.78, 5) is 11.5. The minimum atomic E-state index is -0.759. The van der Waals surface area contributed by atoms with E-state index in [1.165, 1.54) is 0 Å². The Balaban J connectivity index is 2.80. The monoisotopic (exact) mass is 237 g/mol. The van der Waals surface area contributed by atoms with E-state index in [0.29, 0.717) is 17.9 Å². The first kappa shape index (κ1) is 13.5. The highest BCUT2D eigenvalue weighted by atomic mass is 16.5. The Morgan fingerprint density at radius 1 is 1.41 bits per heavy atom. The fourth-order valence-corrected chi connectivity index (χ4v) is 1.42. The van der Waals surface area contributed by atoms with E-state index in [1.54, 1.807) is 19.1 Å². The van der Waals surface area contributed by atoms with E-state index < -0.39 is 12.0 Å². The molecule has 4 heteroatoms. The molecule has 0 aliphatic rings. The summed E-state index contributed by atoms with van der Waals surface area (Å²) in [5.41, 5.74) is 6.49. The van der Waals surface area contributed by atoms with Gasteiger partial charge in [0.15, 0.2) is 0 Å². The predicted molar refractivity (Wildman–Crippen MR) is 65.8 cm³/mol. The second-order valence-electron chi connectivity index (χ2n) is 3.97. The van der Waals surface area contributed by atoms with E-state index >= 15 is 0 Å². The first-order valence-electron chi connectivity index (χ1n) is 5.73. The van der Waals surface area contributed by atoms with Crippen molar-refractivity contribution >= 4 is 5.97 Å². The Bertz CT molecular complexity index is 377. The number of carbonyl (C=O) groups excluding carboxylic acids is 1. The molecule has 0 aliphatic heterocycles. The van der Waals surface area contributed by atoms with Crippen molar-refractivity contribution < 1.29 is 14.3 Å². The molecule has 0 aliphatic carbocycles. The lowest BCUT2D eigenvalue weighted by atomic mass is 10.1. The van der Waals surface area contributed by atoms with Crippen LogP contribution in [-0.4, -0.2) is 18.7 Å². The molecule has 94 valence electrons. The Kier molecular flexibility index (Phi) is 4.97. The van der Waals surface area contributed by atoms with Gasteiger partial charge in [0.05, 0.1) is 12.7 Å². The second kappa shape index (κ2) is 6.25. The van der Waals surface area contributed by atoms with E-state index in [4.69, 9.17) is 15.2 Å². The highest BCUT2D eigenvalue weighted by Gasteiger charge is 2.17. The van der Waals surface area contributed by atoms with Gasteiger partial charge in [-0.1, -0.05) is 12.1 Å². The van der Waals surface area contributed by atoms with E-state index in [2.05, 4.69) is 0 Å². The molecule has 0 bridgehead atoms. The Labute approximate surface area is 102 Å². The number of esters is 1. The normalized spacial score (nSPS) is 12.3. The number of ether oxygens (including phenoxy) is 2. The molecule has 1 aromatic carbocycles. The molecule has 1 unspecified atom stereocenters. The van der Waals surface area contributed by atoms with Crippen LogP contribution in [0.15, 0.2) is 24.3 Å². The topological polar surface area (TPSA) is 61.5 Å². The Morgan fingerprint density at radius 2 is 2.12 bits per heavy atom. The standard InChI is InChI=1S/C13H19NO3/c1-4-16-13(15)12(14)10-6-5-7-11(8-10)17-9(2)3/h5-9,12H,4,14H2,1-3H3. The minimum absolute atomic E-state index is 0.0871. The third kappa shape index (κ3) is 4.07. The third-order valence-corrected chi connectivity index (χ3v) is 2.13. The lowest BCUT2D eigenvalue weighted by Crippen LogP contribution is -2.23. The summed E-state index contributed by atoms with van der Waals surface area (Å²) in [5, 5.41) is 0. The van der Waals surface area contributed by atoms with Gasteiger partial charge in [-0.3, -0.25) is 0 Å². The average molecular weight is 237 g/mol. The first-order chi connectivity index (χ1) is 8.04. The number of benzene rings is 1. The molecule has 1 rings (SSSR count). The summed E-state index contributed by atoms with van der Waals surface area (Å²) in [6.45, 7) is 5.97. The quantitative estimate of drug-likeness (QED) is 0.796. The average Bonchev–Trinajstić information content (AvgIpc) is 2.28. The molecule has 0 saturated carbocycles. The molecule has 0 fully saturated rings. The van der Waals surface area contributed by atoms with Crippen molar-refractivity contribution in [3.8, 4) is 5.75 Å². The predicted octanol–water partition coefficient (Wildman–Crippen LogP) is 2.04. The van der Waals surface area contributed by atoms with Crippen LogP contribution >= 0.6 is 0 Å². The maximum Gasteiger partial charge on any atom is 0.327 e. The molecule has 1 aromatic rings. The zero-order chi connectivity index (χ0) is 12.8. The third-order valence-electron chi connectivity index (χ3n) is 2.13. The number of hydrogen-bond donors (Lipinski definition) is 1. The summed E-state index contributed by atoms with van der Waals surface area (Å²) >= 11 is 0. The van der Waals surface area contributed by atoms with Crippen molar-refractivity contribution in [2.45, 2.75) is 32.9 Å². The molecular weight excluding hydrogens is 218 g/mol. The number of carbonyl (C=O) groups is 1. The van der Waals surface area contributed by atoms with Gasteiger partial charge in [0.2, 0.25) is 0 Å². The fraction of sp³-hybridized carbons (Fsp3) is 0.462. The lowest BCUT2D eigenvalue weighted by molar-refractivity contribution is -0.144. The van der Waals surface area contributed by atoms with Crippen molar-refractivity contribution in [2.24, 2.45) is 5.73 Å². The van der Waals surface area contributed by atoms with Gasteiger partial charge in [-0.25, -0.2) is 4.79 Å². The summed E-state index contributed by atoms with van der Waals surface area (Å²) in [6, 6.07) is 6.44. The van der Waals surface area contributed by atoms with E-state index in [9.17, 15) is 4.79 Å². The van der Waals surface area contributed by atoms with Crippen LogP contribution in [0, 0.1) is 0 Å². The molecule has 4 nitrogen and oxygen atoms in total. The zero-order valence-corrected chi connectivity index (χ0v) is 10.5. The van der Waals surface area contributed by atoms with Gasteiger partial charge in [0.1, 0.15) is 11.8 Å². The SMILES string of the molecule is CCOC(=O)C(N)c1cccc(OC(C)C)c1. The van der Waals surface area contributed by atoms with Crippen LogP contribution in [0.4, 0.5) is 0 Å². The Hall–Kier alpha value is -1.55. The molecule has 0 saturated heterocycles. The highest BCUT2D eigenvalue weighted by molar-refractivity contribution is 5.77. The maximum atomic E-state index is 11.5. The van der Waals surface area contributed by atoms with Crippen LogP contribution in [0.1, 0.15) is 32.4 Å². The zero-order valence-electron chi connectivity index (χ0n) is 10.5. The highest BCUT2D eigenvalue weighted by Crippen LogP contribution is 2.19. The molecule has 2 N–H and O–H groups in total. The molecule has 0 amide bonds. The van der Waals surface area contributed by atoms with Crippen LogP contribution in [0.5, 0.6) is 5.75 Å². The van der Waals surface area contributed by atoms with Gasteiger partial charge in [0.25, 0.3) is 0 Å². The second-order valence-corrected chi connectivity index (χ2v) is 3.97. The van der Waals surface area contributed by atoms with Crippen molar-refractivity contribution in [2.75, 3.05) is 6.61 Å². The van der Waals surface area contributed by atoms with Crippen LogP contribution in [0.25, 0.3) is 0 Å². The van der Waals surface area contributed by atoms with Gasteiger partial charge >= 0.3 is 5.97 Å². The first-order valence-corrected chi connectivity index (χ1v) is 5.73. The molecular formula is C13H19NO3. The van der Waals surface area contributed by atoms with Crippen LogP contribution in [0.2, 0.25) is 0 Å². The van der Waals surface area contributed by atoms with Crippen molar-refractivity contribution in [3.63, 3.8) is 0 Å². The smallest absolute Gasteiger partial charge is 0.327 e. The summed E-state index contributed by atoms with van der Waals surface area (Å²) < 4.78 is 10.4. The van der Waals surface area contributed by atoms with Gasteiger partial charge in [-0.15, -0.1) is 0 Å². The van der Waals surface area contributed by atoms with Gasteiger partial charge in [-0.2, -0.15) is 0 Å².